The van der Waals surface area contributed by atoms with Gasteiger partial charge in [0.15, 0.2) is 13.9 Å². The highest BCUT2D eigenvalue weighted by Crippen LogP contribution is 2.59. The molecule has 5 atom stereocenters. The van der Waals surface area contributed by atoms with Gasteiger partial charge < -0.3 is 24.4 Å². The first-order valence-electron chi connectivity index (χ1n) is 15.5. The second kappa shape index (κ2) is 10.5. The number of aromatic amines is 1. The van der Waals surface area contributed by atoms with E-state index >= 15 is 0 Å². The molecule has 7 rings (SSSR count). The fourth-order valence-corrected chi connectivity index (χ4v) is 10.6. The zero-order chi connectivity index (χ0) is 31.8. The number of carbonyl (C=O) groups excluding carboxylic acids is 2. The largest absolute Gasteiger partial charge is 0.432 e. The van der Waals surface area contributed by atoms with Crippen LogP contribution < -0.4 is 10.5 Å². The summed E-state index contributed by atoms with van der Waals surface area (Å²) in [6.45, 7) is 5.79. The molecular weight excluding hydrogens is 588 g/mol. The molecule has 1 fully saturated rings. The van der Waals surface area contributed by atoms with E-state index in [1.54, 1.807) is 29.0 Å². The van der Waals surface area contributed by atoms with Crippen molar-refractivity contribution in [3.8, 4) is 5.69 Å². The zero-order valence-electron chi connectivity index (χ0n) is 25.9. The summed E-state index contributed by atoms with van der Waals surface area (Å²) >= 11 is 0. The summed E-state index contributed by atoms with van der Waals surface area (Å²) in [6.07, 6.45) is -0.195. The van der Waals surface area contributed by atoms with E-state index in [0.717, 1.165) is 11.1 Å². The minimum absolute atomic E-state index is 0.0279. The summed E-state index contributed by atoms with van der Waals surface area (Å²) in [4.78, 5) is 56.4. The molecule has 2 amide bonds. The second-order valence-corrected chi connectivity index (χ2v) is 17.2. The fourth-order valence-electron chi connectivity index (χ4n) is 8.08. The van der Waals surface area contributed by atoms with Crippen LogP contribution in [0.25, 0.3) is 16.6 Å². The third-order valence-electron chi connectivity index (χ3n) is 10.2. The molecule has 0 bridgehead atoms. The summed E-state index contributed by atoms with van der Waals surface area (Å²) in [6, 6.07) is 20.3. The Hall–Kier alpha value is -4.03. The Kier molecular flexibility index (Phi) is 6.93. The number of aromatic nitrogens is 2. The van der Waals surface area contributed by atoms with Crippen molar-refractivity contribution in [3.63, 3.8) is 0 Å². The molecule has 1 spiro atoms. The molecule has 4 aromatic rings. The number of hydrogen-bond acceptors (Lipinski definition) is 6. The number of nitrogens with one attached hydrogen (secondary N) is 1. The van der Waals surface area contributed by atoms with Gasteiger partial charge >= 0.3 is 0 Å². The Morgan fingerprint density at radius 2 is 1.78 bits per heavy atom. The molecular formula is C34H38N4O6Si. The van der Waals surface area contributed by atoms with Gasteiger partial charge in [-0.3, -0.25) is 19.5 Å². The number of carbonyl (C=O) groups is 2. The molecule has 10 nitrogen and oxygen atoms in total. The van der Waals surface area contributed by atoms with E-state index in [-0.39, 0.29) is 36.4 Å². The first kappa shape index (κ1) is 29.7. The molecule has 45 heavy (non-hydrogen) atoms. The number of para-hydroxylation sites is 1. The van der Waals surface area contributed by atoms with Gasteiger partial charge in [-0.2, -0.15) is 0 Å². The number of H-pyrrole nitrogens is 1. The minimum Gasteiger partial charge on any atom is -0.432 e. The molecule has 11 heteroatoms. The van der Waals surface area contributed by atoms with Crippen LogP contribution in [0.2, 0.25) is 18.6 Å². The van der Waals surface area contributed by atoms with Crippen LogP contribution in [0.15, 0.2) is 71.5 Å². The van der Waals surface area contributed by atoms with Crippen molar-refractivity contribution >= 4 is 36.7 Å². The SMILES string of the molecule is C[C@H]1[C@H]([Si](C)(C)O)[C@@H](CC(=O)N2Cc3ccccc3C[C@H]2CO)O[C@]12C(=O)N(C)c1ccc(-n3[nH]c4ccccc4c3=O)cc12. The van der Waals surface area contributed by atoms with Gasteiger partial charge in [0.1, 0.15) is 0 Å². The molecule has 3 aromatic carbocycles. The van der Waals surface area contributed by atoms with Gasteiger partial charge in [-0.15, -0.1) is 0 Å². The van der Waals surface area contributed by atoms with Crippen LogP contribution in [0, 0.1) is 5.92 Å². The fraction of sp³-hybridized carbons (Fsp3) is 0.382. The lowest BCUT2D eigenvalue weighted by atomic mass is 9.82. The Labute approximate surface area is 262 Å². The Bertz CT molecular complexity index is 1900. The quantitative estimate of drug-likeness (QED) is 0.292. The van der Waals surface area contributed by atoms with Crippen LogP contribution in [-0.2, 0) is 32.9 Å². The summed E-state index contributed by atoms with van der Waals surface area (Å²) < 4.78 is 8.29. The topological polar surface area (TPSA) is 128 Å². The Morgan fingerprint density at radius 3 is 2.49 bits per heavy atom. The van der Waals surface area contributed by atoms with E-state index in [9.17, 15) is 24.3 Å². The first-order valence-corrected chi connectivity index (χ1v) is 18.5. The van der Waals surface area contributed by atoms with Gasteiger partial charge in [-0.05, 0) is 61.0 Å². The van der Waals surface area contributed by atoms with Crippen molar-refractivity contribution in [2.75, 3.05) is 18.6 Å². The van der Waals surface area contributed by atoms with Crippen molar-refractivity contribution < 1.29 is 24.2 Å². The predicted molar refractivity (Wildman–Crippen MR) is 173 cm³/mol. The van der Waals surface area contributed by atoms with Crippen molar-refractivity contribution in [1.82, 2.24) is 14.7 Å². The van der Waals surface area contributed by atoms with Crippen LogP contribution in [0.1, 0.15) is 30.0 Å². The highest BCUT2D eigenvalue weighted by atomic mass is 28.4. The van der Waals surface area contributed by atoms with E-state index in [1.807, 2.05) is 74.6 Å². The summed E-state index contributed by atoms with van der Waals surface area (Å²) in [5.41, 5.74) is 2.62. The van der Waals surface area contributed by atoms with Crippen molar-refractivity contribution in [1.29, 1.82) is 0 Å². The average Bonchev–Trinajstić information content (AvgIpc) is 3.59. The molecule has 4 heterocycles. The van der Waals surface area contributed by atoms with Crippen LogP contribution in [0.3, 0.4) is 0 Å². The molecule has 3 aliphatic heterocycles. The zero-order valence-corrected chi connectivity index (χ0v) is 26.9. The molecule has 1 saturated heterocycles. The number of benzene rings is 3. The lowest BCUT2D eigenvalue weighted by Crippen LogP contribution is -2.48. The van der Waals surface area contributed by atoms with Gasteiger partial charge in [0.25, 0.3) is 11.5 Å². The number of aliphatic hydroxyl groups excluding tert-OH is 1. The third kappa shape index (κ3) is 4.44. The molecule has 1 aromatic heterocycles. The van der Waals surface area contributed by atoms with Crippen LogP contribution in [-0.4, -0.2) is 70.5 Å². The van der Waals surface area contributed by atoms with Crippen LogP contribution in [0.5, 0.6) is 0 Å². The highest BCUT2D eigenvalue weighted by molar-refractivity contribution is 6.71. The van der Waals surface area contributed by atoms with Gasteiger partial charge in [-0.25, -0.2) is 4.68 Å². The van der Waals surface area contributed by atoms with Gasteiger partial charge in [0, 0.05) is 30.6 Å². The second-order valence-electron chi connectivity index (χ2n) is 13.3. The van der Waals surface area contributed by atoms with E-state index < -0.39 is 31.5 Å². The van der Waals surface area contributed by atoms with Gasteiger partial charge in [0.05, 0.1) is 47.5 Å². The van der Waals surface area contributed by atoms with Gasteiger partial charge in [-0.1, -0.05) is 43.3 Å². The third-order valence-corrected chi connectivity index (χ3v) is 12.7. The Morgan fingerprint density at radius 1 is 1.07 bits per heavy atom. The number of fused-ring (bicyclic) bond motifs is 4. The van der Waals surface area contributed by atoms with Crippen LogP contribution >= 0.6 is 0 Å². The lowest BCUT2D eigenvalue weighted by molar-refractivity contribution is -0.150. The monoisotopic (exact) mass is 626 g/mol. The number of hydrogen-bond donors (Lipinski definition) is 3. The molecule has 3 aliphatic rings. The number of nitrogens with zero attached hydrogens (tertiary/aromatic N) is 3. The van der Waals surface area contributed by atoms with E-state index in [2.05, 4.69) is 5.10 Å². The normalized spacial score (nSPS) is 26.1. The molecule has 0 saturated carbocycles. The highest BCUT2D eigenvalue weighted by Gasteiger charge is 2.66. The predicted octanol–water partition coefficient (Wildman–Crippen LogP) is 3.43. The number of anilines is 1. The maximum absolute atomic E-state index is 14.2. The van der Waals surface area contributed by atoms with E-state index in [1.165, 1.54) is 4.68 Å². The summed E-state index contributed by atoms with van der Waals surface area (Å²) in [5.74, 6) is -0.897. The van der Waals surface area contributed by atoms with Crippen molar-refractivity contribution in [2.24, 2.45) is 5.92 Å². The van der Waals surface area contributed by atoms with Gasteiger partial charge in [0.2, 0.25) is 5.91 Å². The lowest BCUT2D eigenvalue weighted by Gasteiger charge is -2.37. The van der Waals surface area contributed by atoms with Crippen molar-refractivity contribution in [2.45, 2.75) is 62.7 Å². The molecule has 0 unspecified atom stereocenters. The maximum atomic E-state index is 14.2. The molecule has 234 valence electrons. The number of ether oxygens (including phenoxy) is 1. The first-order chi connectivity index (χ1) is 21.5. The van der Waals surface area contributed by atoms with Crippen LogP contribution in [0.4, 0.5) is 5.69 Å². The number of aliphatic hydroxyl groups is 1. The smallest absolute Gasteiger partial charge is 0.279 e. The summed E-state index contributed by atoms with van der Waals surface area (Å²) in [7, 11) is -1.30. The molecule has 0 radical (unpaired) electrons. The van der Waals surface area contributed by atoms with E-state index in [4.69, 9.17) is 4.74 Å². The molecule has 0 aliphatic carbocycles. The summed E-state index contributed by atoms with van der Waals surface area (Å²) in [5, 5.41) is 13.9. The number of rotatable bonds is 5. The standard InChI is InChI=1S/C34H38N4O6Si/c1-20-31(45(3,4)43)29(17-30(40)37-18-22-10-6-5-9-21(22)15-24(37)19-39)44-34(20)26-16-23(13-14-28(26)36(2)33(34)42)38-32(41)25-11-7-8-12-27(25)35-38/h5-14,16,20,24,29,31,35,39,43H,15,17-19H2,1-4H3/t20-,24-,29+,31-,34+/m0/s1. The van der Waals surface area contributed by atoms with E-state index in [0.29, 0.717) is 40.8 Å². The number of amides is 2. The molecule has 3 N–H and O–H groups in total. The van der Waals surface area contributed by atoms with Crippen molar-refractivity contribution in [3.05, 3.63) is 93.8 Å². The minimum atomic E-state index is -3.00. The average molecular weight is 627 g/mol. The number of likely N-dealkylation sites (N-methyl/N-ethyl adjacent to an activating group) is 1. The Balaban J connectivity index is 1.27. The maximum Gasteiger partial charge on any atom is 0.279 e.